The van der Waals surface area contributed by atoms with Crippen molar-refractivity contribution in [2.45, 2.75) is 51.2 Å². The molecule has 1 saturated carbocycles. The van der Waals surface area contributed by atoms with Gasteiger partial charge < -0.3 is 20.1 Å². The number of hydrogen-bond acceptors (Lipinski definition) is 5. The maximum atomic E-state index is 13.5. The van der Waals surface area contributed by atoms with Gasteiger partial charge in [-0.15, -0.1) is 0 Å². The fraction of sp³-hybridized carbons (Fsp3) is 0.462. The molecular formula is C26H34N2O4S. The SMILES string of the molecule is CCOC1CCC(CS)(C(=O)N[C@@H](Cc2ccccc2)C(=O)Nc2cccc(OC)c2)CC1. The first-order chi connectivity index (χ1) is 16.0. The average molecular weight is 471 g/mol. The normalized spacial score (nSPS) is 21.1. The lowest BCUT2D eigenvalue weighted by atomic mass is 9.73. The van der Waals surface area contributed by atoms with Gasteiger partial charge in [-0.2, -0.15) is 12.6 Å². The molecule has 0 aromatic heterocycles. The van der Waals surface area contributed by atoms with Crippen molar-refractivity contribution in [3.63, 3.8) is 0 Å². The second-order valence-corrected chi connectivity index (χ2v) is 8.85. The molecule has 0 heterocycles. The van der Waals surface area contributed by atoms with Gasteiger partial charge >= 0.3 is 0 Å². The zero-order chi connectivity index (χ0) is 23.7. The third-order valence-electron chi connectivity index (χ3n) is 6.32. The average Bonchev–Trinajstić information content (AvgIpc) is 2.85. The summed E-state index contributed by atoms with van der Waals surface area (Å²) >= 11 is 4.53. The first kappa shape index (κ1) is 25.1. The van der Waals surface area contributed by atoms with E-state index >= 15 is 0 Å². The molecule has 2 aromatic carbocycles. The summed E-state index contributed by atoms with van der Waals surface area (Å²) < 4.78 is 11.0. The van der Waals surface area contributed by atoms with Crippen LogP contribution in [0.25, 0.3) is 0 Å². The Balaban J connectivity index is 1.75. The van der Waals surface area contributed by atoms with Crippen molar-refractivity contribution in [3.8, 4) is 5.75 Å². The van der Waals surface area contributed by atoms with Gasteiger partial charge in [-0.25, -0.2) is 0 Å². The van der Waals surface area contributed by atoms with Gasteiger partial charge in [0, 0.05) is 30.5 Å². The van der Waals surface area contributed by atoms with E-state index in [1.807, 2.05) is 49.4 Å². The predicted molar refractivity (Wildman–Crippen MR) is 134 cm³/mol. The molecule has 2 amide bonds. The first-order valence-corrected chi connectivity index (χ1v) is 12.1. The van der Waals surface area contributed by atoms with Gasteiger partial charge in [-0.3, -0.25) is 9.59 Å². The summed E-state index contributed by atoms with van der Waals surface area (Å²) in [4.78, 5) is 26.7. The van der Waals surface area contributed by atoms with Crippen LogP contribution in [-0.2, 0) is 20.7 Å². The van der Waals surface area contributed by atoms with E-state index in [0.717, 1.165) is 18.4 Å². The van der Waals surface area contributed by atoms with E-state index in [1.165, 1.54) is 0 Å². The molecule has 1 aliphatic carbocycles. The minimum Gasteiger partial charge on any atom is -0.497 e. The van der Waals surface area contributed by atoms with Crippen molar-refractivity contribution in [1.29, 1.82) is 0 Å². The lowest BCUT2D eigenvalue weighted by Crippen LogP contribution is -2.53. The number of thiol groups is 1. The van der Waals surface area contributed by atoms with Crippen molar-refractivity contribution in [2.75, 3.05) is 24.8 Å². The molecule has 2 N–H and O–H groups in total. The van der Waals surface area contributed by atoms with E-state index in [-0.39, 0.29) is 17.9 Å². The number of anilines is 1. The molecule has 0 radical (unpaired) electrons. The number of carbonyl (C=O) groups is 2. The predicted octanol–water partition coefficient (Wildman–Crippen LogP) is 4.26. The van der Waals surface area contributed by atoms with Gasteiger partial charge in [0.15, 0.2) is 0 Å². The Hall–Kier alpha value is -2.51. The molecule has 7 heteroatoms. The smallest absolute Gasteiger partial charge is 0.247 e. The number of nitrogens with one attached hydrogen (secondary N) is 2. The van der Waals surface area contributed by atoms with Crippen molar-refractivity contribution in [1.82, 2.24) is 5.32 Å². The standard InChI is InChI=1S/C26H34N2O4S/c1-3-32-21-12-14-26(18-33,15-13-21)25(30)28-23(16-19-8-5-4-6-9-19)24(29)27-20-10-7-11-22(17-20)31-2/h4-11,17,21,23,33H,3,12-16,18H2,1-2H3,(H,27,29)(H,28,30)/t21?,23-,26?/m0/s1. The third kappa shape index (κ3) is 6.74. The van der Waals surface area contributed by atoms with Crippen LogP contribution in [0.3, 0.4) is 0 Å². The molecule has 1 aliphatic rings. The second kappa shape index (κ2) is 12.1. The summed E-state index contributed by atoms with van der Waals surface area (Å²) in [6.07, 6.45) is 3.62. The van der Waals surface area contributed by atoms with Crippen LogP contribution in [0.15, 0.2) is 54.6 Å². The van der Waals surface area contributed by atoms with E-state index < -0.39 is 11.5 Å². The Kier molecular flexibility index (Phi) is 9.21. The largest absolute Gasteiger partial charge is 0.497 e. The van der Waals surface area contributed by atoms with Crippen LogP contribution < -0.4 is 15.4 Å². The van der Waals surface area contributed by atoms with Crippen LogP contribution >= 0.6 is 12.6 Å². The zero-order valence-corrected chi connectivity index (χ0v) is 20.3. The number of methoxy groups -OCH3 is 1. The Morgan fingerprint density at radius 2 is 1.85 bits per heavy atom. The topological polar surface area (TPSA) is 76.7 Å². The highest BCUT2D eigenvalue weighted by Crippen LogP contribution is 2.39. The summed E-state index contributed by atoms with van der Waals surface area (Å²) in [5, 5.41) is 5.98. The number of rotatable bonds is 10. The molecule has 3 rings (SSSR count). The van der Waals surface area contributed by atoms with Crippen LogP contribution in [0, 0.1) is 5.41 Å². The van der Waals surface area contributed by atoms with E-state index in [9.17, 15) is 9.59 Å². The first-order valence-electron chi connectivity index (χ1n) is 11.5. The molecule has 33 heavy (non-hydrogen) atoms. The van der Waals surface area contributed by atoms with Crippen molar-refractivity contribution in [2.24, 2.45) is 5.41 Å². The van der Waals surface area contributed by atoms with Crippen LogP contribution in [0.4, 0.5) is 5.69 Å². The van der Waals surface area contributed by atoms with Crippen LogP contribution in [-0.4, -0.2) is 43.4 Å². The minimum atomic E-state index is -0.715. The highest BCUT2D eigenvalue weighted by Gasteiger charge is 2.42. The molecule has 0 unspecified atom stereocenters. The molecule has 2 aromatic rings. The van der Waals surface area contributed by atoms with Gasteiger partial charge in [0.25, 0.3) is 0 Å². The van der Waals surface area contributed by atoms with Gasteiger partial charge in [0.2, 0.25) is 11.8 Å². The van der Waals surface area contributed by atoms with Gasteiger partial charge in [-0.1, -0.05) is 36.4 Å². The molecule has 0 bridgehead atoms. The maximum Gasteiger partial charge on any atom is 0.247 e. The summed E-state index contributed by atoms with van der Waals surface area (Å²) in [5.74, 6) is 0.705. The van der Waals surface area contributed by atoms with E-state index in [1.54, 1.807) is 19.2 Å². The molecule has 0 spiro atoms. The molecule has 1 fully saturated rings. The lowest BCUT2D eigenvalue weighted by molar-refractivity contribution is -0.136. The van der Waals surface area contributed by atoms with E-state index in [4.69, 9.17) is 9.47 Å². The van der Waals surface area contributed by atoms with Crippen molar-refractivity contribution in [3.05, 3.63) is 60.2 Å². The Morgan fingerprint density at radius 1 is 1.12 bits per heavy atom. The van der Waals surface area contributed by atoms with E-state index in [2.05, 4.69) is 23.3 Å². The Labute approximate surface area is 201 Å². The van der Waals surface area contributed by atoms with Crippen LogP contribution in [0.5, 0.6) is 5.75 Å². The number of benzene rings is 2. The maximum absolute atomic E-state index is 13.5. The number of amides is 2. The molecular weight excluding hydrogens is 436 g/mol. The van der Waals surface area contributed by atoms with Gasteiger partial charge in [-0.05, 0) is 50.3 Å². The van der Waals surface area contributed by atoms with Crippen molar-refractivity contribution < 1.29 is 19.1 Å². The van der Waals surface area contributed by atoms with Crippen molar-refractivity contribution >= 4 is 30.1 Å². The van der Waals surface area contributed by atoms with Gasteiger partial charge in [0.05, 0.1) is 18.6 Å². The lowest BCUT2D eigenvalue weighted by Gasteiger charge is -2.38. The fourth-order valence-electron chi connectivity index (χ4n) is 4.30. The Bertz CT molecular complexity index is 914. The summed E-state index contributed by atoms with van der Waals surface area (Å²) in [6, 6.07) is 16.2. The van der Waals surface area contributed by atoms with Crippen LogP contribution in [0.1, 0.15) is 38.2 Å². The number of carbonyl (C=O) groups excluding carboxylic acids is 2. The number of hydrogen-bond donors (Lipinski definition) is 3. The summed E-state index contributed by atoms with van der Waals surface area (Å²) in [7, 11) is 1.58. The zero-order valence-electron chi connectivity index (χ0n) is 19.4. The third-order valence-corrected chi connectivity index (χ3v) is 6.92. The molecule has 0 aliphatic heterocycles. The molecule has 178 valence electrons. The quantitative estimate of drug-likeness (QED) is 0.454. The Morgan fingerprint density at radius 3 is 2.48 bits per heavy atom. The second-order valence-electron chi connectivity index (χ2n) is 8.53. The number of ether oxygens (including phenoxy) is 2. The van der Waals surface area contributed by atoms with Gasteiger partial charge in [0.1, 0.15) is 11.8 Å². The molecule has 0 saturated heterocycles. The minimum absolute atomic E-state index is 0.117. The monoisotopic (exact) mass is 470 g/mol. The summed E-state index contributed by atoms with van der Waals surface area (Å²) in [6.45, 7) is 2.66. The summed E-state index contributed by atoms with van der Waals surface area (Å²) in [5.41, 5.74) is 0.999. The van der Waals surface area contributed by atoms with Crippen LogP contribution in [0.2, 0.25) is 0 Å². The molecule has 1 atom stereocenters. The highest BCUT2D eigenvalue weighted by atomic mass is 32.1. The fourth-order valence-corrected chi connectivity index (χ4v) is 4.76. The highest BCUT2D eigenvalue weighted by molar-refractivity contribution is 7.80. The van der Waals surface area contributed by atoms with E-state index in [0.29, 0.717) is 43.1 Å². The molecule has 6 nitrogen and oxygen atoms in total.